The minimum atomic E-state index is -2.00. The number of carbonyl (C=O) groups excluding carboxylic acids is 1. The van der Waals surface area contributed by atoms with Crippen molar-refractivity contribution >= 4 is 30.2 Å². The molecule has 0 aromatic rings. The standard InChI is InChI=1S/C48H97BrO3Si/c1-8-9-10-11-12-13-14-15-16-17-18-19-20-21-22-23-24-27-30-33-36-39-42-45(47(50)51-5)46(52-53(6,7)48(2,3)4)43-40-37-34-31-28-25-26-29-32-35-38-41-44-49/h45-46H,8-44H2,1-7H3/t45-,46-/m1/s1. The molecule has 0 heterocycles. The highest BCUT2D eigenvalue weighted by molar-refractivity contribution is 9.09. The SMILES string of the molecule is CCCCCCCCCCCCCCCCCCCCCCCC[C@@H](C(=O)OC)[C@@H](CCCCCCCCCCCCCCBr)O[Si](C)(C)C(C)(C)C. The zero-order valence-corrected chi connectivity index (χ0v) is 40.0. The van der Waals surface area contributed by atoms with Gasteiger partial charge in [0.05, 0.1) is 19.1 Å². The molecule has 318 valence electrons. The van der Waals surface area contributed by atoms with Crippen LogP contribution >= 0.6 is 15.9 Å². The fourth-order valence-electron chi connectivity index (χ4n) is 7.69. The lowest BCUT2D eigenvalue weighted by Crippen LogP contribution is -2.47. The third kappa shape index (κ3) is 32.9. The van der Waals surface area contributed by atoms with Crippen LogP contribution in [0.5, 0.6) is 0 Å². The van der Waals surface area contributed by atoms with Gasteiger partial charge in [0, 0.05) is 5.33 Å². The summed E-state index contributed by atoms with van der Waals surface area (Å²) in [7, 11) is -0.433. The lowest BCUT2D eigenvalue weighted by atomic mass is 9.91. The number of methoxy groups -OCH3 is 1. The minimum absolute atomic E-state index is 0.0113. The van der Waals surface area contributed by atoms with Gasteiger partial charge in [0.1, 0.15) is 0 Å². The molecule has 0 rings (SSSR count). The first kappa shape index (κ1) is 53.1. The molecule has 0 N–H and O–H groups in total. The molecule has 3 nitrogen and oxygen atoms in total. The van der Waals surface area contributed by atoms with Crippen LogP contribution < -0.4 is 0 Å². The van der Waals surface area contributed by atoms with Crippen LogP contribution in [0.25, 0.3) is 0 Å². The number of hydrogen-bond donors (Lipinski definition) is 0. The quantitative estimate of drug-likeness (QED) is 0.0266. The van der Waals surface area contributed by atoms with Gasteiger partial charge in [0.25, 0.3) is 0 Å². The summed E-state index contributed by atoms with van der Waals surface area (Å²) in [6.07, 6.45) is 48.8. The van der Waals surface area contributed by atoms with Crippen LogP contribution in [-0.4, -0.2) is 32.8 Å². The van der Waals surface area contributed by atoms with Gasteiger partial charge >= 0.3 is 5.97 Å². The van der Waals surface area contributed by atoms with Gasteiger partial charge in [-0.05, 0) is 37.4 Å². The van der Waals surface area contributed by atoms with E-state index in [-0.39, 0.29) is 23.0 Å². The zero-order chi connectivity index (χ0) is 39.3. The van der Waals surface area contributed by atoms with E-state index < -0.39 is 8.32 Å². The molecule has 0 aliphatic carbocycles. The minimum Gasteiger partial charge on any atom is -0.469 e. The van der Waals surface area contributed by atoms with Crippen LogP contribution in [0.3, 0.4) is 0 Å². The van der Waals surface area contributed by atoms with Crippen molar-refractivity contribution in [2.75, 3.05) is 12.4 Å². The smallest absolute Gasteiger partial charge is 0.311 e. The Labute approximate surface area is 344 Å². The fourth-order valence-corrected chi connectivity index (χ4v) is 9.47. The van der Waals surface area contributed by atoms with Gasteiger partial charge in [-0.1, -0.05) is 256 Å². The van der Waals surface area contributed by atoms with Crippen molar-refractivity contribution in [1.82, 2.24) is 0 Å². The third-order valence-corrected chi connectivity index (χ3v) is 17.5. The van der Waals surface area contributed by atoms with Gasteiger partial charge in [-0.25, -0.2) is 0 Å². The van der Waals surface area contributed by atoms with Crippen molar-refractivity contribution < 1.29 is 14.0 Å². The monoisotopic (exact) mass is 829 g/mol. The Kier molecular flexibility index (Phi) is 37.8. The highest BCUT2D eigenvalue weighted by atomic mass is 79.9. The second kappa shape index (κ2) is 37.7. The van der Waals surface area contributed by atoms with Crippen LogP contribution in [0.1, 0.15) is 259 Å². The van der Waals surface area contributed by atoms with E-state index in [0.717, 1.165) is 31.0 Å². The van der Waals surface area contributed by atoms with Crippen molar-refractivity contribution in [3.8, 4) is 0 Å². The molecular weight excluding hydrogens is 733 g/mol. The first-order valence-electron chi connectivity index (χ1n) is 23.9. The Balaban J connectivity index is 4.23. The number of rotatable bonds is 41. The summed E-state index contributed by atoms with van der Waals surface area (Å²) < 4.78 is 12.4. The number of alkyl halides is 1. The van der Waals surface area contributed by atoms with Crippen LogP contribution in [-0.2, 0) is 14.0 Å². The lowest BCUT2D eigenvalue weighted by Gasteiger charge is -2.41. The van der Waals surface area contributed by atoms with Crippen LogP contribution in [0, 0.1) is 5.92 Å². The first-order valence-corrected chi connectivity index (χ1v) is 27.9. The molecule has 5 heteroatoms. The average molecular weight is 830 g/mol. The van der Waals surface area contributed by atoms with Crippen LogP contribution in [0.4, 0.5) is 0 Å². The summed E-state index contributed by atoms with van der Waals surface area (Å²) in [6, 6.07) is 0. The van der Waals surface area contributed by atoms with E-state index in [1.807, 2.05) is 0 Å². The van der Waals surface area contributed by atoms with Gasteiger partial charge in [0.2, 0.25) is 0 Å². The number of hydrogen-bond acceptors (Lipinski definition) is 3. The summed E-state index contributed by atoms with van der Waals surface area (Å²) in [5.74, 6) is -0.182. The van der Waals surface area contributed by atoms with E-state index >= 15 is 0 Å². The molecule has 0 aromatic heterocycles. The molecule has 0 bridgehead atoms. The molecule has 0 spiro atoms. The van der Waals surface area contributed by atoms with E-state index in [2.05, 4.69) is 56.7 Å². The molecule has 0 radical (unpaired) electrons. The van der Waals surface area contributed by atoms with E-state index in [0.29, 0.717) is 0 Å². The predicted octanol–water partition coefficient (Wildman–Crippen LogP) is 17.6. The summed E-state index contributed by atoms with van der Waals surface area (Å²) in [6.45, 7) is 13.9. The average Bonchev–Trinajstić information content (AvgIpc) is 3.12. The van der Waals surface area contributed by atoms with Gasteiger partial charge in [-0.15, -0.1) is 0 Å². The van der Waals surface area contributed by atoms with E-state index in [4.69, 9.17) is 9.16 Å². The molecule has 0 aliphatic rings. The van der Waals surface area contributed by atoms with E-state index in [9.17, 15) is 4.79 Å². The molecule has 0 aromatic carbocycles. The molecule has 0 saturated heterocycles. The second-order valence-corrected chi connectivity index (χ2v) is 24.0. The molecule has 0 amide bonds. The van der Waals surface area contributed by atoms with Gasteiger partial charge in [-0.3, -0.25) is 4.79 Å². The van der Waals surface area contributed by atoms with Gasteiger partial charge in [0.15, 0.2) is 8.32 Å². The summed E-state index contributed by atoms with van der Waals surface area (Å²) in [5.41, 5.74) is 0. The normalized spacial score (nSPS) is 13.4. The van der Waals surface area contributed by atoms with Crippen LogP contribution in [0.2, 0.25) is 18.1 Å². The maximum Gasteiger partial charge on any atom is 0.311 e. The first-order chi connectivity index (χ1) is 25.6. The van der Waals surface area contributed by atoms with E-state index in [1.165, 1.54) is 205 Å². The maximum atomic E-state index is 13.2. The van der Waals surface area contributed by atoms with Crippen molar-refractivity contribution in [2.45, 2.75) is 283 Å². The van der Waals surface area contributed by atoms with Crippen molar-refractivity contribution in [3.63, 3.8) is 0 Å². The molecule has 0 saturated carbocycles. The fraction of sp³-hybridized carbons (Fsp3) is 0.979. The Morgan fingerprint density at radius 1 is 0.491 bits per heavy atom. The highest BCUT2D eigenvalue weighted by Crippen LogP contribution is 2.39. The summed E-state index contributed by atoms with van der Waals surface area (Å²) in [5, 5.41) is 1.28. The molecule has 0 fully saturated rings. The Bertz CT molecular complexity index is 766. The number of esters is 1. The highest BCUT2D eigenvalue weighted by Gasteiger charge is 2.42. The Morgan fingerprint density at radius 3 is 1.06 bits per heavy atom. The predicted molar refractivity (Wildman–Crippen MR) is 243 cm³/mol. The Hall–Kier alpha value is 0.127. The largest absolute Gasteiger partial charge is 0.469 e. The lowest BCUT2D eigenvalue weighted by molar-refractivity contribution is -0.149. The van der Waals surface area contributed by atoms with E-state index in [1.54, 1.807) is 7.11 Å². The van der Waals surface area contributed by atoms with Gasteiger partial charge in [-0.2, -0.15) is 0 Å². The molecule has 0 unspecified atom stereocenters. The van der Waals surface area contributed by atoms with Crippen molar-refractivity contribution in [2.24, 2.45) is 5.92 Å². The number of ether oxygens (including phenoxy) is 1. The van der Waals surface area contributed by atoms with Crippen molar-refractivity contribution in [1.29, 1.82) is 0 Å². The van der Waals surface area contributed by atoms with Gasteiger partial charge < -0.3 is 9.16 Å². The molecule has 0 aliphatic heterocycles. The molecular formula is C48H97BrO3Si. The third-order valence-electron chi connectivity index (χ3n) is 12.4. The summed E-state index contributed by atoms with van der Waals surface area (Å²) in [4.78, 5) is 13.2. The number of halogens is 1. The van der Waals surface area contributed by atoms with Crippen LogP contribution in [0.15, 0.2) is 0 Å². The maximum absolute atomic E-state index is 13.2. The second-order valence-electron chi connectivity index (χ2n) is 18.5. The Morgan fingerprint density at radius 2 is 0.774 bits per heavy atom. The molecule has 2 atom stereocenters. The van der Waals surface area contributed by atoms with Crippen molar-refractivity contribution in [3.05, 3.63) is 0 Å². The molecule has 53 heavy (non-hydrogen) atoms. The number of carbonyl (C=O) groups is 1. The zero-order valence-electron chi connectivity index (χ0n) is 37.4. The topological polar surface area (TPSA) is 35.5 Å². The summed E-state index contributed by atoms with van der Waals surface area (Å²) >= 11 is 3.54. The number of unbranched alkanes of at least 4 members (excludes halogenated alkanes) is 32.